The molecule has 4 nitrogen and oxygen atoms in total. The monoisotopic (exact) mass is 213 g/mol. The van der Waals surface area contributed by atoms with E-state index in [2.05, 4.69) is 0 Å². The number of hydrogen-bond donors (Lipinski definition) is 1. The summed E-state index contributed by atoms with van der Waals surface area (Å²) in [7, 11) is 2.82. The Labute approximate surface area is 86.2 Å². The van der Waals surface area contributed by atoms with Crippen LogP contribution in [0.5, 0.6) is 17.2 Å². The SMILES string of the molecule is COc1cc(C#N)c(O)c(Cl)c1OC. The fraction of sp³-hybridized carbons (Fsp3) is 0.222. The summed E-state index contributed by atoms with van der Waals surface area (Å²) in [4.78, 5) is 0. The molecule has 0 bridgehead atoms. The molecule has 5 heteroatoms. The minimum Gasteiger partial charge on any atom is -0.505 e. The normalized spacial score (nSPS) is 9.29. The lowest BCUT2D eigenvalue weighted by Crippen LogP contribution is -1.93. The lowest BCUT2D eigenvalue weighted by atomic mass is 10.2. The summed E-state index contributed by atoms with van der Waals surface area (Å²) in [5.74, 6) is 0.226. The molecule has 1 aromatic rings. The Morgan fingerprint density at radius 1 is 1.43 bits per heavy atom. The number of halogens is 1. The Balaban J connectivity index is 3.48. The molecule has 74 valence electrons. The third-order valence-corrected chi connectivity index (χ3v) is 2.06. The third kappa shape index (κ3) is 1.54. The van der Waals surface area contributed by atoms with Gasteiger partial charge >= 0.3 is 0 Å². The van der Waals surface area contributed by atoms with Gasteiger partial charge in [0.1, 0.15) is 11.1 Å². The fourth-order valence-electron chi connectivity index (χ4n) is 1.03. The number of benzene rings is 1. The van der Waals surface area contributed by atoms with Gasteiger partial charge in [-0.25, -0.2) is 0 Å². The smallest absolute Gasteiger partial charge is 0.183 e. The van der Waals surface area contributed by atoms with Crippen molar-refractivity contribution in [3.8, 4) is 23.3 Å². The third-order valence-electron chi connectivity index (χ3n) is 1.71. The van der Waals surface area contributed by atoms with Crippen LogP contribution in [0.1, 0.15) is 5.56 Å². The minimum absolute atomic E-state index is 0.0246. The maximum absolute atomic E-state index is 9.44. The zero-order valence-corrected chi connectivity index (χ0v) is 8.42. The molecule has 0 saturated carbocycles. The summed E-state index contributed by atoms with van der Waals surface area (Å²) in [5, 5.41) is 18.1. The maximum atomic E-state index is 9.44. The van der Waals surface area contributed by atoms with E-state index in [0.717, 1.165) is 0 Å². The van der Waals surface area contributed by atoms with Gasteiger partial charge in [0.2, 0.25) is 0 Å². The van der Waals surface area contributed by atoms with Gasteiger partial charge in [0.25, 0.3) is 0 Å². The van der Waals surface area contributed by atoms with E-state index in [1.54, 1.807) is 6.07 Å². The number of ether oxygens (including phenoxy) is 2. The van der Waals surface area contributed by atoms with Crippen LogP contribution in [-0.2, 0) is 0 Å². The Kier molecular flexibility index (Phi) is 3.05. The second-order valence-electron chi connectivity index (χ2n) is 2.43. The van der Waals surface area contributed by atoms with Crippen molar-refractivity contribution in [1.29, 1.82) is 5.26 Å². The van der Waals surface area contributed by atoms with Gasteiger partial charge in [-0.15, -0.1) is 0 Å². The van der Waals surface area contributed by atoms with Crippen LogP contribution in [0.15, 0.2) is 6.07 Å². The van der Waals surface area contributed by atoms with Crippen molar-refractivity contribution in [2.45, 2.75) is 0 Å². The molecule has 0 heterocycles. The molecule has 0 spiro atoms. The Morgan fingerprint density at radius 3 is 2.50 bits per heavy atom. The molecule has 1 N–H and O–H groups in total. The second-order valence-corrected chi connectivity index (χ2v) is 2.81. The van der Waals surface area contributed by atoms with Gasteiger partial charge in [-0.2, -0.15) is 5.26 Å². The van der Waals surface area contributed by atoms with Crippen LogP contribution < -0.4 is 9.47 Å². The van der Waals surface area contributed by atoms with E-state index in [9.17, 15) is 5.11 Å². The molecule has 0 amide bonds. The predicted octanol–water partition coefficient (Wildman–Crippen LogP) is 1.93. The second kappa shape index (κ2) is 4.07. The molecule has 0 aliphatic carbocycles. The van der Waals surface area contributed by atoms with Crippen LogP contribution in [0.2, 0.25) is 5.02 Å². The van der Waals surface area contributed by atoms with Gasteiger partial charge in [-0.1, -0.05) is 11.6 Å². The topological polar surface area (TPSA) is 62.5 Å². The highest BCUT2D eigenvalue weighted by molar-refractivity contribution is 6.34. The molecule has 0 aromatic heterocycles. The predicted molar refractivity (Wildman–Crippen MR) is 50.9 cm³/mol. The van der Waals surface area contributed by atoms with Crippen LogP contribution >= 0.6 is 11.6 Å². The van der Waals surface area contributed by atoms with Gasteiger partial charge in [0.05, 0.1) is 19.8 Å². The number of nitrogens with zero attached hydrogens (tertiary/aromatic N) is 1. The number of methoxy groups -OCH3 is 2. The lowest BCUT2D eigenvalue weighted by molar-refractivity contribution is 0.351. The lowest BCUT2D eigenvalue weighted by Gasteiger charge is -2.10. The number of aromatic hydroxyl groups is 1. The van der Waals surface area contributed by atoms with Crippen LogP contribution in [0.3, 0.4) is 0 Å². The number of nitriles is 1. The van der Waals surface area contributed by atoms with Crippen molar-refractivity contribution in [1.82, 2.24) is 0 Å². The van der Waals surface area contributed by atoms with Crippen LogP contribution in [-0.4, -0.2) is 19.3 Å². The van der Waals surface area contributed by atoms with Crippen molar-refractivity contribution in [2.24, 2.45) is 0 Å². The van der Waals surface area contributed by atoms with Crippen molar-refractivity contribution in [2.75, 3.05) is 14.2 Å². The van der Waals surface area contributed by atoms with Gasteiger partial charge in [-0.3, -0.25) is 0 Å². The molecule has 0 saturated heterocycles. The number of hydrogen-bond acceptors (Lipinski definition) is 4. The highest BCUT2D eigenvalue weighted by Crippen LogP contribution is 2.42. The summed E-state index contributed by atoms with van der Waals surface area (Å²) < 4.78 is 9.86. The molecule has 0 fully saturated rings. The van der Waals surface area contributed by atoms with Gasteiger partial charge in [-0.05, 0) is 0 Å². The molecule has 0 radical (unpaired) electrons. The van der Waals surface area contributed by atoms with Gasteiger partial charge < -0.3 is 14.6 Å². The largest absolute Gasteiger partial charge is 0.505 e. The molecular formula is C9H8ClNO3. The minimum atomic E-state index is -0.299. The first-order valence-corrected chi connectivity index (χ1v) is 4.07. The number of phenolic OH excluding ortho intramolecular Hbond substituents is 1. The van der Waals surface area contributed by atoms with Gasteiger partial charge in [0, 0.05) is 6.07 Å². The summed E-state index contributed by atoms with van der Waals surface area (Å²) in [6, 6.07) is 3.15. The Morgan fingerprint density at radius 2 is 2.07 bits per heavy atom. The first-order chi connectivity index (χ1) is 6.65. The number of rotatable bonds is 2. The van der Waals surface area contributed by atoms with E-state index >= 15 is 0 Å². The quantitative estimate of drug-likeness (QED) is 0.816. The van der Waals surface area contributed by atoms with E-state index in [4.69, 9.17) is 26.3 Å². The Hall–Kier alpha value is -1.60. The van der Waals surface area contributed by atoms with Crippen LogP contribution in [0.25, 0.3) is 0 Å². The van der Waals surface area contributed by atoms with Crippen molar-refractivity contribution in [3.63, 3.8) is 0 Å². The van der Waals surface area contributed by atoms with Crippen molar-refractivity contribution < 1.29 is 14.6 Å². The summed E-state index contributed by atoms with van der Waals surface area (Å²) in [6.07, 6.45) is 0. The summed E-state index contributed by atoms with van der Waals surface area (Å²) in [5.41, 5.74) is 0.0488. The van der Waals surface area contributed by atoms with E-state index in [0.29, 0.717) is 5.75 Å². The Bertz CT molecular complexity index is 398. The molecule has 1 aromatic carbocycles. The van der Waals surface area contributed by atoms with Crippen LogP contribution in [0.4, 0.5) is 0 Å². The molecule has 0 unspecified atom stereocenters. The highest BCUT2D eigenvalue weighted by Gasteiger charge is 2.17. The molecule has 0 aliphatic rings. The van der Waals surface area contributed by atoms with Crippen molar-refractivity contribution in [3.05, 3.63) is 16.7 Å². The molecule has 1 rings (SSSR count). The van der Waals surface area contributed by atoms with E-state index < -0.39 is 0 Å². The van der Waals surface area contributed by atoms with Crippen LogP contribution in [0, 0.1) is 11.3 Å². The highest BCUT2D eigenvalue weighted by atomic mass is 35.5. The van der Waals surface area contributed by atoms with E-state index in [1.165, 1.54) is 20.3 Å². The molecule has 0 atom stereocenters. The molecular weight excluding hydrogens is 206 g/mol. The zero-order chi connectivity index (χ0) is 10.7. The van der Waals surface area contributed by atoms with E-state index in [1.807, 2.05) is 0 Å². The first kappa shape index (κ1) is 10.5. The van der Waals surface area contributed by atoms with Crippen molar-refractivity contribution >= 4 is 11.6 Å². The standard InChI is InChI=1S/C9H8ClNO3/c1-13-6-3-5(4-11)8(12)7(10)9(6)14-2/h3,12H,1-2H3. The van der Waals surface area contributed by atoms with Gasteiger partial charge in [0.15, 0.2) is 17.2 Å². The molecule has 0 aliphatic heterocycles. The fourth-order valence-corrected chi connectivity index (χ4v) is 1.30. The average Bonchev–Trinajstić information content (AvgIpc) is 2.21. The number of phenols is 1. The summed E-state index contributed by atoms with van der Waals surface area (Å²) >= 11 is 5.76. The zero-order valence-electron chi connectivity index (χ0n) is 7.67. The summed E-state index contributed by atoms with van der Waals surface area (Å²) in [6.45, 7) is 0. The molecule has 14 heavy (non-hydrogen) atoms. The first-order valence-electron chi connectivity index (χ1n) is 3.69. The average molecular weight is 214 g/mol. The maximum Gasteiger partial charge on any atom is 0.183 e. The van der Waals surface area contributed by atoms with E-state index in [-0.39, 0.29) is 22.1 Å².